The van der Waals surface area contributed by atoms with Crippen molar-refractivity contribution in [1.29, 1.82) is 0 Å². The van der Waals surface area contributed by atoms with Gasteiger partial charge in [-0.1, -0.05) is 13.8 Å². The molecule has 1 saturated carbocycles. The standard InChI is InChI=1S/C12H23N3O/c1-8(2)11(13)12(16)14-9-5-6-15(7-9)10-3-4-10/h8-11H,3-7,13H2,1-2H3,(H,14,16)/t9?,11-/m0/s1. The van der Waals surface area contributed by atoms with E-state index >= 15 is 0 Å². The Morgan fingerprint density at radius 1 is 1.38 bits per heavy atom. The fourth-order valence-corrected chi connectivity index (χ4v) is 2.28. The first-order valence-electron chi connectivity index (χ1n) is 6.38. The highest BCUT2D eigenvalue weighted by molar-refractivity contribution is 5.82. The van der Waals surface area contributed by atoms with Gasteiger partial charge in [0.1, 0.15) is 0 Å². The number of rotatable bonds is 4. The van der Waals surface area contributed by atoms with Crippen LogP contribution in [-0.4, -0.2) is 42.0 Å². The van der Waals surface area contributed by atoms with E-state index in [1.54, 1.807) is 0 Å². The van der Waals surface area contributed by atoms with E-state index in [-0.39, 0.29) is 17.9 Å². The van der Waals surface area contributed by atoms with E-state index in [1.165, 1.54) is 12.8 Å². The van der Waals surface area contributed by atoms with Crippen molar-refractivity contribution in [3.63, 3.8) is 0 Å². The zero-order valence-electron chi connectivity index (χ0n) is 10.3. The molecule has 0 bridgehead atoms. The molecule has 1 heterocycles. The lowest BCUT2D eigenvalue weighted by molar-refractivity contribution is -0.123. The summed E-state index contributed by atoms with van der Waals surface area (Å²) in [6.45, 7) is 6.11. The molecule has 1 aliphatic carbocycles. The Balaban J connectivity index is 1.75. The minimum atomic E-state index is -0.366. The molecule has 2 aliphatic rings. The molecule has 0 aromatic heterocycles. The molecule has 4 nitrogen and oxygen atoms in total. The summed E-state index contributed by atoms with van der Waals surface area (Å²) >= 11 is 0. The molecule has 1 aliphatic heterocycles. The molecule has 0 aromatic rings. The monoisotopic (exact) mass is 225 g/mol. The van der Waals surface area contributed by atoms with E-state index in [4.69, 9.17) is 5.73 Å². The van der Waals surface area contributed by atoms with Gasteiger partial charge in [-0.05, 0) is 25.2 Å². The van der Waals surface area contributed by atoms with Crippen molar-refractivity contribution >= 4 is 5.91 Å². The predicted octanol–water partition coefficient (Wildman–Crippen LogP) is 0.323. The van der Waals surface area contributed by atoms with Crippen LogP contribution in [-0.2, 0) is 4.79 Å². The van der Waals surface area contributed by atoms with Crippen LogP contribution in [0.2, 0.25) is 0 Å². The summed E-state index contributed by atoms with van der Waals surface area (Å²) in [7, 11) is 0. The van der Waals surface area contributed by atoms with Crippen molar-refractivity contribution in [3.8, 4) is 0 Å². The van der Waals surface area contributed by atoms with Gasteiger partial charge in [-0.2, -0.15) is 0 Å². The SMILES string of the molecule is CC(C)[C@H](N)C(=O)NC1CCN(C2CC2)C1. The molecule has 4 heteroatoms. The highest BCUT2D eigenvalue weighted by Crippen LogP contribution is 2.29. The van der Waals surface area contributed by atoms with Crippen LogP contribution in [0.15, 0.2) is 0 Å². The van der Waals surface area contributed by atoms with E-state index in [1.807, 2.05) is 13.8 Å². The largest absolute Gasteiger partial charge is 0.351 e. The minimum absolute atomic E-state index is 0.0117. The summed E-state index contributed by atoms with van der Waals surface area (Å²) in [6.07, 6.45) is 3.76. The Hall–Kier alpha value is -0.610. The Bertz CT molecular complexity index is 263. The molecule has 0 spiro atoms. The third kappa shape index (κ3) is 2.74. The molecule has 92 valence electrons. The van der Waals surface area contributed by atoms with Gasteiger partial charge >= 0.3 is 0 Å². The maximum Gasteiger partial charge on any atom is 0.237 e. The van der Waals surface area contributed by atoms with E-state index in [0.717, 1.165) is 25.6 Å². The normalized spacial score (nSPS) is 28.4. The lowest BCUT2D eigenvalue weighted by atomic mass is 10.0. The summed E-state index contributed by atoms with van der Waals surface area (Å²) < 4.78 is 0. The topological polar surface area (TPSA) is 58.4 Å². The summed E-state index contributed by atoms with van der Waals surface area (Å²) in [5.74, 6) is 0.221. The zero-order valence-corrected chi connectivity index (χ0v) is 10.3. The zero-order chi connectivity index (χ0) is 11.7. The molecule has 2 atom stereocenters. The molecule has 0 aromatic carbocycles. The maximum atomic E-state index is 11.8. The summed E-state index contributed by atoms with van der Waals surface area (Å²) in [4.78, 5) is 14.3. The quantitative estimate of drug-likeness (QED) is 0.724. The van der Waals surface area contributed by atoms with Crippen molar-refractivity contribution in [3.05, 3.63) is 0 Å². The first-order valence-corrected chi connectivity index (χ1v) is 6.38. The number of hydrogen-bond donors (Lipinski definition) is 2. The van der Waals surface area contributed by atoms with Gasteiger partial charge in [0.15, 0.2) is 0 Å². The van der Waals surface area contributed by atoms with Crippen LogP contribution in [0.4, 0.5) is 0 Å². The van der Waals surface area contributed by atoms with Crippen molar-refractivity contribution in [2.75, 3.05) is 13.1 Å². The Morgan fingerprint density at radius 3 is 2.62 bits per heavy atom. The second kappa shape index (κ2) is 4.72. The van der Waals surface area contributed by atoms with Gasteiger partial charge in [0, 0.05) is 25.2 Å². The Labute approximate surface area is 97.6 Å². The van der Waals surface area contributed by atoms with Crippen molar-refractivity contribution in [2.24, 2.45) is 11.7 Å². The summed E-state index contributed by atoms with van der Waals surface area (Å²) in [5.41, 5.74) is 5.82. The van der Waals surface area contributed by atoms with Crippen LogP contribution in [0.25, 0.3) is 0 Å². The molecule has 1 amide bonds. The number of carbonyl (C=O) groups is 1. The molecule has 2 fully saturated rings. The number of carbonyl (C=O) groups excluding carboxylic acids is 1. The van der Waals surface area contributed by atoms with Crippen LogP contribution < -0.4 is 11.1 Å². The van der Waals surface area contributed by atoms with Crippen LogP contribution >= 0.6 is 0 Å². The molecule has 2 rings (SSSR count). The predicted molar refractivity (Wildman–Crippen MR) is 64.0 cm³/mol. The van der Waals surface area contributed by atoms with Crippen molar-refractivity contribution in [2.45, 2.75) is 51.2 Å². The smallest absolute Gasteiger partial charge is 0.237 e. The Morgan fingerprint density at radius 2 is 2.06 bits per heavy atom. The van der Waals surface area contributed by atoms with Gasteiger partial charge in [0.25, 0.3) is 0 Å². The van der Waals surface area contributed by atoms with Crippen LogP contribution in [0.5, 0.6) is 0 Å². The van der Waals surface area contributed by atoms with Crippen LogP contribution in [0.1, 0.15) is 33.1 Å². The van der Waals surface area contributed by atoms with E-state index in [9.17, 15) is 4.79 Å². The van der Waals surface area contributed by atoms with Crippen molar-refractivity contribution in [1.82, 2.24) is 10.2 Å². The number of nitrogens with zero attached hydrogens (tertiary/aromatic N) is 1. The molecule has 1 saturated heterocycles. The van der Waals surface area contributed by atoms with Crippen LogP contribution in [0, 0.1) is 5.92 Å². The number of hydrogen-bond acceptors (Lipinski definition) is 3. The van der Waals surface area contributed by atoms with Gasteiger partial charge in [-0.15, -0.1) is 0 Å². The summed E-state index contributed by atoms with van der Waals surface area (Å²) in [6, 6.07) is 0.758. The lowest BCUT2D eigenvalue weighted by Gasteiger charge is -2.19. The van der Waals surface area contributed by atoms with Crippen molar-refractivity contribution < 1.29 is 4.79 Å². The minimum Gasteiger partial charge on any atom is -0.351 e. The average Bonchev–Trinajstić information content (AvgIpc) is 2.99. The number of likely N-dealkylation sites (tertiary alicyclic amines) is 1. The van der Waals surface area contributed by atoms with Gasteiger partial charge < -0.3 is 11.1 Å². The number of nitrogens with two attached hydrogens (primary N) is 1. The molecule has 16 heavy (non-hydrogen) atoms. The maximum absolute atomic E-state index is 11.8. The molecular formula is C12H23N3O. The fraction of sp³-hybridized carbons (Fsp3) is 0.917. The third-order valence-corrected chi connectivity index (χ3v) is 3.65. The number of nitrogens with one attached hydrogen (secondary N) is 1. The van der Waals surface area contributed by atoms with E-state index in [0.29, 0.717) is 6.04 Å². The van der Waals surface area contributed by atoms with Gasteiger partial charge in [-0.25, -0.2) is 0 Å². The fourth-order valence-electron chi connectivity index (χ4n) is 2.28. The second-order valence-electron chi connectivity index (χ2n) is 5.49. The number of amides is 1. The molecule has 1 unspecified atom stereocenters. The lowest BCUT2D eigenvalue weighted by Crippen LogP contribution is -2.48. The first kappa shape index (κ1) is 11.9. The van der Waals surface area contributed by atoms with Gasteiger partial charge in [0.05, 0.1) is 6.04 Å². The average molecular weight is 225 g/mol. The van der Waals surface area contributed by atoms with E-state index in [2.05, 4.69) is 10.2 Å². The highest BCUT2D eigenvalue weighted by atomic mass is 16.2. The third-order valence-electron chi connectivity index (χ3n) is 3.65. The summed E-state index contributed by atoms with van der Waals surface area (Å²) in [5, 5.41) is 3.07. The second-order valence-corrected chi connectivity index (χ2v) is 5.49. The first-order chi connectivity index (χ1) is 7.58. The molecular weight excluding hydrogens is 202 g/mol. The van der Waals surface area contributed by atoms with Gasteiger partial charge in [-0.3, -0.25) is 9.69 Å². The highest BCUT2D eigenvalue weighted by Gasteiger charge is 2.35. The molecule has 0 radical (unpaired) electrons. The molecule has 3 N–H and O–H groups in total. The van der Waals surface area contributed by atoms with E-state index < -0.39 is 0 Å². The Kier molecular flexibility index (Phi) is 3.50. The van der Waals surface area contributed by atoms with Gasteiger partial charge in [0.2, 0.25) is 5.91 Å². The van der Waals surface area contributed by atoms with Crippen LogP contribution in [0.3, 0.4) is 0 Å².